The molecule has 1 atom stereocenters. The predicted molar refractivity (Wildman–Crippen MR) is 28.8 cm³/mol. The fraction of sp³-hybridized carbons (Fsp3) is 0.750. The van der Waals surface area contributed by atoms with Crippen LogP contribution in [0.5, 0.6) is 0 Å². The smallest absolute Gasteiger partial charge is 0.188 e. The third-order valence-electron chi connectivity index (χ3n) is 0.700. The zero-order valence-corrected chi connectivity index (χ0v) is 4.74. The van der Waals surface area contributed by atoms with Crippen LogP contribution in [0.15, 0.2) is 0 Å². The molecular weight excluding hydrogens is 128 g/mol. The summed E-state index contributed by atoms with van der Waals surface area (Å²) in [6.45, 7) is -1.35. The van der Waals surface area contributed by atoms with E-state index < -0.39 is 25.1 Å². The van der Waals surface area contributed by atoms with E-state index in [9.17, 15) is 4.79 Å². The Morgan fingerprint density at radius 2 is 1.89 bits per heavy atom. The molecule has 0 bridgehead atoms. The van der Waals surface area contributed by atoms with Crippen LogP contribution in [0, 0.1) is 0 Å². The van der Waals surface area contributed by atoms with Gasteiger partial charge in [0.1, 0.15) is 12.7 Å². The van der Waals surface area contributed by atoms with Crippen molar-refractivity contribution in [2.75, 3.05) is 13.2 Å². The number of carbonyl (C=O) groups excluding carboxylic acids is 1. The lowest BCUT2D eigenvalue weighted by atomic mass is 10.3. The molecule has 0 saturated carbocycles. The van der Waals surface area contributed by atoms with Gasteiger partial charge in [-0.1, -0.05) is 0 Å². The van der Waals surface area contributed by atoms with Crippen molar-refractivity contribution in [2.45, 2.75) is 6.10 Å². The van der Waals surface area contributed by atoms with Crippen LogP contribution in [0.3, 0.4) is 0 Å². The van der Waals surface area contributed by atoms with Crippen LogP contribution in [0.4, 0.5) is 0 Å². The van der Waals surface area contributed by atoms with Crippen molar-refractivity contribution in [3.8, 4) is 0 Å². The SMILES string of the molecule is O.O=C(CO)C(O)CO. The average Bonchev–Trinajstić information content (AvgIpc) is 1.84. The first-order chi connectivity index (χ1) is 3.72. The van der Waals surface area contributed by atoms with Crippen molar-refractivity contribution in [1.29, 1.82) is 0 Å². The van der Waals surface area contributed by atoms with E-state index in [1.165, 1.54) is 0 Å². The van der Waals surface area contributed by atoms with Crippen LogP contribution in [-0.4, -0.2) is 45.9 Å². The summed E-state index contributed by atoms with van der Waals surface area (Å²) in [6, 6.07) is 0. The Morgan fingerprint density at radius 1 is 1.44 bits per heavy atom. The summed E-state index contributed by atoms with van der Waals surface area (Å²) in [4.78, 5) is 10.1. The Labute approximate surface area is 51.9 Å². The standard InChI is InChI=1S/C4H8O4.H2O/c5-1-3(7)4(8)2-6;/h3,5-7H,1-2H2;1H2. The number of aliphatic hydroxyl groups excluding tert-OH is 3. The van der Waals surface area contributed by atoms with Crippen molar-refractivity contribution in [3.05, 3.63) is 0 Å². The number of aliphatic hydroxyl groups is 3. The molecule has 0 rings (SSSR count). The molecule has 0 aromatic heterocycles. The number of rotatable bonds is 3. The highest BCUT2D eigenvalue weighted by atomic mass is 16.3. The molecule has 0 heterocycles. The molecule has 0 aliphatic carbocycles. The second-order valence-electron chi connectivity index (χ2n) is 1.32. The summed E-state index contributed by atoms with van der Waals surface area (Å²) in [7, 11) is 0. The molecule has 0 aromatic carbocycles. The molecule has 0 amide bonds. The van der Waals surface area contributed by atoms with E-state index in [1.807, 2.05) is 0 Å². The zero-order valence-electron chi connectivity index (χ0n) is 4.74. The number of hydrogen-bond acceptors (Lipinski definition) is 4. The topological polar surface area (TPSA) is 109 Å². The maximum absolute atomic E-state index is 10.1. The highest BCUT2D eigenvalue weighted by Crippen LogP contribution is 1.80. The molecular formula is C4H10O5. The van der Waals surface area contributed by atoms with Crippen LogP contribution in [0.25, 0.3) is 0 Å². The van der Waals surface area contributed by atoms with E-state index in [4.69, 9.17) is 15.3 Å². The predicted octanol–water partition coefficient (Wildman–Crippen LogP) is -2.92. The Hall–Kier alpha value is -0.490. The van der Waals surface area contributed by atoms with Crippen molar-refractivity contribution < 1.29 is 25.6 Å². The molecule has 5 heteroatoms. The van der Waals surface area contributed by atoms with Crippen LogP contribution in [0.1, 0.15) is 0 Å². The molecule has 5 nitrogen and oxygen atoms in total. The van der Waals surface area contributed by atoms with E-state index in [1.54, 1.807) is 0 Å². The highest BCUT2D eigenvalue weighted by molar-refractivity contribution is 5.83. The molecule has 56 valence electrons. The molecule has 9 heavy (non-hydrogen) atoms. The lowest BCUT2D eigenvalue weighted by molar-refractivity contribution is -0.131. The van der Waals surface area contributed by atoms with Gasteiger partial charge in [0, 0.05) is 0 Å². The molecule has 0 saturated heterocycles. The van der Waals surface area contributed by atoms with Gasteiger partial charge in [0.15, 0.2) is 5.78 Å². The van der Waals surface area contributed by atoms with Gasteiger partial charge < -0.3 is 20.8 Å². The molecule has 0 aliphatic heterocycles. The fourth-order valence-electron chi connectivity index (χ4n) is 0.207. The van der Waals surface area contributed by atoms with Gasteiger partial charge in [0.2, 0.25) is 0 Å². The minimum atomic E-state index is -1.42. The van der Waals surface area contributed by atoms with Gasteiger partial charge in [0.25, 0.3) is 0 Å². The van der Waals surface area contributed by atoms with Crippen molar-refractivity contribution in [1.82, 2.24) is 0 Å². The van der Waals surface area contributed by atoms with Gasteiger partial charge >= 0.3 is 0 Å². The van der Waals surface area contributed by atoms with Crippen molar-refractivity contribution in [2.24, 2.45) is 0 Å². The van der Waals surface area contributed by atoms with Gasteiger partial charge in [-0.3, -0.25) is 4.79 Å². The first-order valence-corrected chi connectivity index (χ1v) is 2.15. The second-order valence-corrected chi connectivity index (χ2v) is 1.32. The van der Waals surface area contributed by atoms with E-state index in [0.717, 1.165) is 0 Å². The van der Waals surface area contributed by atoms with Crippen molar-refractivity contribution >= 4 is 5.78 Å². The Morgan fingerprint density at radius 3 is 2.00 bits per heavy atom. The first-order valence-electron chi connectivity index (χ1n) is 2.15. The van der Waals surface area contributed by atoms with Gasteiger partial charge in [-0.15, -0.1) is 0 Å². The molecule has 1 unspecified atom stereocenters. The lowest BCUT2D eigenvalue weighted by Gasteiger charge is -2.00. The fourth-order valence-corrected chi connectivity index (χ4v) is 0.207. The molecule has 0 aliphatic rings. The highest BCUT2D eigenvalue weighted by Gasteiger charge is 2.10. The maximum atomic E-state index is 10.1. The van der Waals surface area contributed by atoms with Crippen LogP contribution >= 0.6 is 0 Å². The molecule has 0 aromatic rings. The number of hydrogen-bond donors (Lipinski definition) is 3. The lowest BCUT2D eigenvalue weighted by Crippen LogP contribution is -2.26. The Balaban J connectivity index is 0. The summed E-state index contributed by atoms with van der Waals surface area (Å²) in [5.74, 6) is -0.757. The summed E-state index contributed by atoms with van der Waals surface area (Å²) in [5, 5.41) is 24.4. The van der Waals surface area contributed by atoms with Gasteiger partial charge in [0.05, 0.1) is 6.61 Å². The second kappa shape index (κ2) is 5.64. The van der Waals surface area contributed by atoms with Crippen LogP contribution in [0.2, 0.25) is 0 Å². The summed E-state index contributed by atoms with van der Waals surface area (Å²) < 4.78 is 0. The van der Waals surface area contributed by atoms with E-state index in [0.29, 0.717) is 0 Å². The average molecular weight is 138 g/mol. The zero-order chi connectivity index (χ0) is 6.57. The number of carbonyl (C=O) groups is 1. The third-order valence-corrected chi connectivity index (χ3v) is 0.700. The third kappa shape index (κ3) is 4.04. The van der Waals surface area contributed by atoms with Crippen LogP contribution < -0.4 is 0 Å². The van der Waals surface area contributed by atoms with Gasteiger partial charge in [-0.25, -0.2) is 0 Å². The summed E-state index contributed by atoms with van der Waals surface area (Å²) >= 11 is 0. The van der Waals surface area contributed by atoms with Crippen LogP contribution in [-0.2, 0) is 4.79 Å². The van der Waals surface area contributed by atoms with E-state index in [-0.39, 0.29) is 5.48 Å². The maximum Gasteiger partial charge on any atom is 0.188 e. The molecule has 5 N–H and O–H groups in total. The molecule has 0 radical (unpaired) electrons. The number of ketones is 1. The van der Waals surface area contributed by atoms with Gasteiger partial charge in [-0.05, 0) is 0 Å². The molecule has 0 fully saturated rings. The normalized spacial score (nSPS) is 11.9. The number of Topliss-reactive ketones (excluding diaryl/α,β-unsaturated/α-hetero) is 1. The summed E-state index contributed by atoms with van der Waals surface area (Å²) in [6.07, 6.45) is -1.42. The summed E-state index contributed by atoms with van der Waals surface area (Å²) in [5.41, 5.74) is 0. The first kappa shape index (κ1) is 11.3. The Kier molecular flexibility index (Phi) is 7.10. The minimum absolute atomic E-state index is 0. The van der Waals surface area contributed by atoms with E-state index >= 15 is 0 Å². The van der Waals surface area contributed by atoms with Crippen molar-refractivity contribution in [3.63, 3.8) is 0 Å². The quantitative estimate of drug-likeness (QED) is 0.388. The molecule has 0 spiro atoms. The monoisotopic (exact) mass is 138 g/mol. The largest absolute Gasteiger partial charge is 0.412 e. The van der Waals surface area contributed by atoms with Gasteiger partial charge in [-0.2, -0.15) is 0 Å². The van der Waals surface area contributed by atoms with E-state index in [2.05, 4.69) is 0 Å². The Bertz CT molecular complexity index is 81.0. The minimum Gasteiger partial charge on any atom is -0.412 e.